The molecule has 92 valence electrons. The number of halogens is 1. The van der Waals surface area contributed by atoms with E-state index in [4.69, 9.17) is 0 Å². The van der Waals surface area contributed by atoms with Crippen molar-refractivity contribution in [3.05, 3.63) is 3.92 Å². The van der Waals surface area contributed by atoms with Crippen molar-refractivity contribution in [2.45, 2.75) is 25.3 Å². The molecular weight excluding hydrogens is 304 g/mol. The molecule has 0 radical (unpaired) electrons. The minimum absolute atomic E-state index is 0.207. The number of rotatable bonds is 1. The fourth-order valence-corrected chi connectivity index (χ4v) is 3.73. The highest BCUT2D eigenvalue weighted by molar-refractivity contribution is 9.11. The Morgan fingerprint density at radius 1 is 1.41 bits per heavy atom. The van der Waals surface area contributed by atoms with Crippen LogP contribution in [0.25, 0.3) is 0 Å². The van der Waals surface area contributed by atoms with E-state index in [0.29, 0.717) is 18.4 Å². The normalized spacial score (nSPS) is 28.8. The molecule has 0 aromatic carbocycles. The number of carbonyl (C=O) groups is 1. The van der Waals surface area contributed by atoms with E-state index in [-0.39, 0.29) is 5.91 Å². The fourth-order valence-electron chi connectivity index (χ4n) is 2.61. The number of aromatic nitrogens is 2. The van der Waals surface area contributed by atoms with Crippen molar-refractivity contribution in [1.29, 1.82) is 0 Å². The molecule has 2 aliphatic rings. The summed E-state index contributed by atoms with van der Waals surface area (Å²) in [7, 11) is 0. The monoisotopic (exact) mass is 316 g/mol. The standard InChI is InChI=1S/C10H13BrN4OS/c11-9-13-14-10(17-9)15-4-3-7-6(5-15)1-2-8(16)12-7/h6-7H,1-5H2,(H,12,16). The summed E-state index contributed by atoms with van der Waals surface area (Å²) in [6, 6.07) is 0.365. The van der Waals surface area contributed by atoms with E-state index in [1.165, 1.54) is 0 Å². The third-order valence-corrected chi connectivity index (χ3v) is 4.90. The average molecular weight is 317 g/mol. The first kappa shape index (κ1) is 11.4. The summed E-state index contributed by atoms with van der Waals surface area (Å²) in [5.41, 5.74) is 0. The molecule has 2 saturated heterocycles. The van der Waals surface area contributed by atoms with Gasteiger partial charge in [-0.3, -0.25) is 4.79 Å². The van der Waals surface area contributed by atoms with Gasteiger partial charge >= 0.3 is 0 Å². The number of hydrogen-bond acceptors (Lipinski definition) is 5. The van der Waals surface area contributed by atoms with Crippen molar-refractivity contribution in [2.24, 2.45) is 5.92 Å². The number of hydrogen-bond donors (Lipinski definition) is 1. The van der Waals surface area contributed by atoms with E-state index in [1.54, 1.807) is 11.3 Å². The van der Waals surface area contributed by atoms with Crippen molar-refractivity contribution in [2.75, 3.05) is 18.0 Å². The smallest absolute Gasteiger partial charge is 0.220 e. The lowest BCUT2D eigenvalue weighted by Gasteiger charge is -2.41. The maximum atomic E-state index is 11.3. The second kappa shape index (κ2) is 4.53. The van der Waals surface area contributed by atoms with E-state index < -0.39 is 0 Å². The van der Waals surface area contributed by atoms with Crippen LogP contribution >= 0.6 is 27.3 Å². The third kappa shape index (κ3) is 2.30. The summed E-state index contributed by atoms with van der Waals surface area (Å²) >= 11 is 4.90. The van der Waals surface area contributed by atoms with Crippen molar-refractivity contribution in [1.82, 2.24) is 15.5 Å². The van der Waals surface area contributed by atoms with Gasteiger partial charge in [-0.2, -0.15) is 0 Å². The van der Waals surface area contributed by atoms with Gasteiger partial charge in [-0.05, 0) is 34.7 Å². The van der Waals surface area contributed by atoms with E-state index in [1.807, 2.05) is 0 Å². The Kier molecular flexibility index (Phi) is 3.04. The SMILES string of the molecule is O=C1CCC2CN(c3nnc(Br)s3)CCC2N1. The largest absolute Gasteiger partial charge is 0.353 e. The van der Waals surface area contributed by atoms with Crippen LogP contribution in [0.1, 0.15) is 19.3 Å². The number of fused-ring (bicyclic) bond motifs is 1. The Bertz CT molecular complexity index is 438. The molecule has 7 heteroatoms. The Morgan fingerprint density at radius 3 is 3.06 bits per heavy atom. The van der Waals surface area contributed by atoms with Crippen LogP contribution in [-0.2, 0) is 4.79 Å². The van der Waals surface area contributed by atoms with E-state index in [9.17, 15) is 4.79 Å². The predicted molar refractivity (Wildman–Crippen MR) is 69.1 cm³/mol. The third-order valence-electron chi connectivity index (χ3n) is 3.48. The first-order valence-corrected chi connectivity index (χ1v) is 7.36. The molecule has 2 fully saturated rings. The molecule has 1 N–H and O–H groups in total. The number of carbonyl (C=O) groups excluding carboxylic acids is 1. The topological polar surface area (TPSA) is 58.1 Å². The molecule has 3 heterocycles. The van der Waals surface area contributed by atoms with E-state index in [2.05, 4.69) is 36.3 Å². The zero-order chi connectivity index (χ0) is 11.8. The molecule has 2 aliphatic heterocycles. The minimum Gasteiger partial charge on any atom is -0.353 e. The van der Waals surface area contributed by atoms with Gasteiger partial charge in [0, 0.05) is 25.6 Å². The quantitative estimate of drug-likeness (QED) is 0.851. The highest BCUT2D eigenvalue weighted by Gasteiger charge is 2.34. The summed E-state index contributed by atoms with van der Waals surface area (Å²) < 4.78 is 0.826. The van der Waals surface area contributed by atoms with Gasteiger partial charge in [-0.15, -0.1) is 10.2 Å². The molecule has 0 bridgehead atoms. The Balaban J connectivity index is 1.70. The molecule has 3 rings (SSSR count). The molecule has 17 heavy (non-hydrogen) atoms. The zero-order valence-corrected chi connectivity index (χ0v) is 11.6. The predicted octanol–water partition coefficient (Wildman–Crippen LogP) is 1.41. The molecule has 2 unspecified atom stereocenters. The van der Waals surface area contributed by atoms with Crippen molar-refractivity contribution in [3.8, 4) is 0 Å². The van der Waals surface area contributed by atoms with E-state index in [0.717, 1.165) is 35.0 Å². The Hall–Kier alpha value is -0.690. The lowest BCUT2D eigenvalue weighted by molar-refractivity contribution is -0.124. The molecule has 2 atom stereocenters. The minimum atomic E-state index is 0.207. The second-order valence-corrected chi connectivity index (χ2v) is 6.78. The lowest BCUT2D eigenvalue weighted by Crippen LogP contribution is -2.54. The maximum absolute atomic E-state index is 11.3. The summed E-state index contributed by atoms with van der Waals surface area (Å²) in [5, 5.41) is 12.2. The number of amides is 1. The molecule has 0 saturated carbocycles. The lowest BCUT2D eigenvalue weighted by atomic mass is 9.85. The number of piperidine rings is 2. The molecule has 1 amide bonds. The highest BCUT2D eigenvalue weighted by Crippen LogP contribution is 2.31. The molecule has 5 nitrogen and oxygen atoms in total. The van der Waals surface area contributed by atoms with Gasteiger partial charge in [0.1, 0.15) is 0 Å². The van der Waals surface area contributed by atoms with E-state index >= 15 is 0 Å². The highest BCUT2D eigenvalue weighted by atomic mass is 79.9. The van der Waals surface area contributed by atoms with Crippen molar-refractivity contribution >= 4 is 38.3 Å². The van der Waals surface area contributed by atoms with Crippen molar-refractivity contribution < 1.29 is 4.79 Å². The summed E-state index contributed by atoms with van der Waals surface area (Å²) in [6.07, 6.45) is 2.66. The van der Waals surface area contributed by atoms with Gasteiger partial charge < -0.3 is 10.2 Å². The molecule has 1 aromatic heterocycles. The average Bonchev–Trinajstić information content (AvgIpc) is 2.75. The van der Waals surface area contributed by atoms with Gasteiger partial charge in [0.25, 0.3) is 0 Å². The van der Waals surface area contributed by atoms with Crippen LogP contribution < -0.4 is 10.2 Å². The molecule has 0 aliphatic carbocycles. The Labute approximate surface area is 112 Å². The van der Waals surface area contributed by atoms with Crippen LogP contribution in [0, 0.1) is 5.92 Å². The van der Waals surface area contributed by atoms with Crippen LogP contribution in [0.2, 0.25) is 0 Å². The first-order valence-electron chi connectivity index (χ1n) is 5.75. The van der Waals surface area contributed by atoms with Crippen molar-refractivity contribution in [3.63, 3.8) is 0 Å². The van der Waals surface area contributed by atoms with Gasteiger partial charge in [-0.25, -0.2) is 0 Å². The van der Waals surface area contributed by atoms with Crippen LogP contribution in [0.5, 0.6) is 0 Å². The Morgan fingerprint density at radius 2 is 2.29 bits per heavy atom. The maximum Gasteiger partial charge on any atom is 0.220 e. The summed E-state index contributed by atoms with van der Waals surface area (Å²) in [4.78, 5) is 13.6. The van der Waals surface area contributed by atoms with Crippen LogP contribution in [0.4, 0.5) is 5.13 Å². The zero-order valence-electron chi connectivity index (χ0n) is 9.23. The second-order valence-electron chi connectivity index (χ2n) is 4.55. The number of anilines is 1. The molecule has 0 spiro atoms. The summed E-state index contributed by atoms with van der Waals surface area (Å²) in [6.45, 7) is 1.93. The van der Waals surface area contributed by atoms with Gasteiger partial charge in [0.15, 0.2) is 3.92 Å². The number of nitrogens with one attached hydrogen (secondary N) is 1. The van der Waals surface area contributed by atoms with Crippen LogP contribution in [0.3, 0.4) is 0 Å². The first-order chi connectivity index (χ1) is 8.22. The molecular formula is C10H13BrN4OS. The fraction of sp³-hybridized carbons (Fsp3) is 0.700. The summed E-state index contributed by atoms with van der Waals surface area (Å²) in [5.74, 6) is 0.766. The number of nitrogens with zero attached hydrogens (tertiary/aromatic N) is 3. The van der Waals surface area contributed by atoms with Gasteiger partial charge in [-0.1, -0.05) is 11.3 Å². The van der Waals surface area contributed by atoms with Gasteiger partial charge in [0.2, 0.25) is 11.0 Å². The van der Waals surface area contributed by atoms with Gasteiger partial charge in [0.05, 0.1) is 0 Å². The van der Waals surface area contributed by atoms with Crippen LogP contribution in [0.15, 0.2) is 3.92 Å². The van der Waals surface area contributed by atoms with Crippen LogP contribution in [-0.4, -0.2) is 35.2 Å². The molecule has 1 aromatic rings.